The van der Waals surface area contributed by atoms with E-state index < -0.39 is 5.91 Å². The third-order valence-corrected chi connectivity index (χ3v) is 2.05. The Labute approximate surface area is 96.4 Å². The maximum absolute atomic E-state index is 11.6. The second kappa shape index (κ2) is 4.32. The van der Waals surface area contributed by atoms with Gasteiger partial charge >= 0.3 is 0 Å². The highest BCUT2D eigenvalue weighted by Gasteiger charge is 2.12. The normalized spacial score (nSPS) is 10.1. The lowest BCUT2D eigenvalue weighted by molar-refractivity contribution is 0.0987. The van der Waals surface area contributed by atoms with Crippen molar-refractivity contribution in [3.8, 4) is 0 Å². The smallest absolute Gasteiger partial charge is 0.295 e. The van der Waals surface area contributed by atoms with Gasteiger partial charge in [0.25, 0.3) is 5.91 Å². The molecule has 0 saturated carbocycles. The van der Waals surface area contributed by atoms with Gasteiger partial charge in [0.15, 0.2) is 0 Å². The van der Waals surface area contributed by atoms with Crippen LogP contribution in [0.5, 0.6) is 0 Å². The Bertz CT molecular complexity index is 524. The van der Waals surface area contributed by atoms with E-state index in [4.69, 9.17) is 16.1 Å². The minimum absolute atomic E-state index is 0.138. The quantitative estimate of drug-likeness (QED) is 0.870. The van der Waals surface area contributed by atoms with Gasteiger partial charge in [-0.3, -0.25) is 4.79 Å². The lowest BCUT2D eigenvalue weighted by Crippen LogP contribution is -2.11. The van der Waals surface area contributed by atoms with Crippen molar-refractivity contribution in [3.05, 3.63) is 40.9 Å². The average molecular weight is 238 g/mol. The zero-order valence-corrected chi connectivity index (χ0v) is 9.15. The fraction of sp³-hybridized carbons (Fsp3) is 0.100. The monoisotopic (exact) mass is 237 g/mol. The number of carbonyl (C=O) groups excluding carboxylic acids is 1. The molecule has 0 bridgehead atoms. The summed E-state index contributed by atoms with van der Waals surface area (Å²) >= 11 is 5.75. The van der Waals surface area contributed by atoms with Crippen LogP contribution in [0.3, 0.4) is 0 Å². The molecule has 2 aromatic rings. The van der Waals surface area contributed by atoms with Gasteiger partial charge in [0.1, 0.15) is 5.82 Å². The van der Waals surface area contributed by atoms with Crippen LogP contribution >= 0.6 is 11.6 Å². The van der Waals surface area contributed by atoms with Crippen molar-refractivity contribution < 1.29 is 9.32 Å². The molecule has 0 saturated heterocycles. The van der Waals surface area contributed by atoms with Crippen molar-refractivity contribution in [3.63, 3.8) is 0 Å². The van der Waals surface area contributed by atoms with Gasteiger partial charge in [-0.2, -0.15) is 0 Å². The lowest BCUT2D eigenvalue weighted by atomic mass is 10.3. The van der Waals surface area contributed by atoms with E-state index in [1.165, 1.54) is 6.20 Å². The molecule has 0 unspecified atom stereocenters. The van der Waals surface area contributed by atoms with E-state index in [-0.39, 0.29) is 5.76 Å². The number of aromatic nitrogens is 2. The van der Waals surface area contributed by atoms with E-state index in [0.717, 1.165) is 0 Å². The molecule has 2 heterocycles. The molecule has 0 spiro atoms. The zero-order valence-electron chi connectivity index (χ0n) is 8.40. The molecule has 0 fully saturated rings. The minimum Gasteiger partial charge on any atom is -0.351 e. The summed E-state index contributed by atoms with van der Waals surface area (Å²) in [5, 5.41) is 6.66. The summed E-state index contributed by atoms with van der Waals surface area (Å²) in [6.45, 7) is 1.73. The summed E-state index contributed by atoms with van der Waals surface area (Å²) in [6.07, 6.45) is 1.50. The van der Waals surface area contributed by atoms with Gasteiger partial charge in [-0.25, -0.2) is 4.98 Å². The first-order valence-electron chi connectivity index (χ1n) is 4.51. The molecule has 0 radical (unpaired) electrons. The van der Waals surface area contributed by atoms with Gasteiger partial charge in [0.05, 0.1) is 5.69 Å². The summed E-state index contributed by atoms with van der Waals surface area (Å²) in [6, 6.07) is 4.71. The summed E-state index contributed by atoms with van der Waals surface area (Å²) < 4.78 is 4.81. The Hall–Kier alpha value is -1.88. The Morgan fingerprint density at radius 1 is 1.50 bits per heavy atom. The third-order valence-electron chi connectivity index (χ3n) is 1.82. The van der Waals surface area contributed by atoms with Gasteiger partial charge in [0, 0.05) is 17.3 Å². The Balaban J connectivity index is 2.13. The Kier molecular flexibility index (Phi) is 2.87. The number of pyridine rings is 1. The fourth-order valence-corrected chi connectivity index (χ4v) is 1.28. The molecule has 82 valence electrons. The van der Waals surface area contributed by atoms with Crippen LogP contribution in [0.1, 0.15) is 16.2 Å². The van der Waals surface area contributed by atoms with Crippen LogP contribution in [0.4, 0.5) is 5.82 Å². The molecule has 1 N–H and O–H groups in total. The molecule has 2 aromatic heterocycles. The van der Waals surface area contributed by atoms with Gasteiger partial charge in [0.2, 0.25) is 5.76 Å². The minimum atomic E-state index is -0.407. The maximum Gasteiger partial charge on any atom is 0.295 e. The lowest BCUT2D eigenvalue weighted by Gasteiger charge is -2.00. The molecule has 2 rings (SSSR count). The topological polar surface area (TPSA) is 68.0 Å². The highest BCUT2D eigenvalue weighted by Crippen LogP contribution is 2.13. The summed E-state index contributed by atoms with van der Waals surface area (Å²) in [5.74, 6) is 0.0983. The number of halogens is 1. The predicted molar refractivity (Wildman–Crippen MR) is 58.4 cm³/mol. The van der Waals surface area contributed by atoms with Crippen LogP contribution in [-0.4, -0.2) is 16.0 Å². The van der Waals surface area contributed by atoms with Crippen molar-refractivity contribution in [1.82, 2.24) is 10.1 Å². The van der Waals surface area contributed by atoms with Gasteiger partial charge in [-0.05, 0) is 19.1 Å². The third kappa shape index (κ3) is 2.38. The second-order valence-electron chi connectivity index (χ2n) is 3.15. The van der Waals surface area contributed by atoms with Crippen LogP contribution in [0.25, 0.3) is 0 Å². The van der Waals surface area contributed by atoms with Crippen molar-refractivity contribution in [2.75, 3.05) is 5.32 Å². The van der Waals surface area contributed by atoms with Crippen molar-refractivity contribution in [1.29, 1.82) is 0 Å². The number of amides is 1. The first-order chi connectivity index (χ1) is 7.65. The second-order valence-corrected chi connectivity index (χ2v) is 3.58. The molecule has 1 amide bonds. The largest absolute Gasteiger partial charge is 0.351 e. The molecule has 0 atom stereocenters. The fourth-order valence-electron chi connectivity index (χ4n) is 1.12. The number of rotatable bonds is 2. The molecule has 0 aromatic carbocycles. The molecule has 0 aliphatic carbocycles. The zero-order chi connectivity index (χ0) is 11.5. The van der Waals surface area contributed by atoms with Crippen molar-refractivity contribution >= 4 is 23.3 Å². The number of carbonyl (C=O) groups is 1. The van der Waals surface area contributed by atoms with Gasteiger partial charge < -0.3 is 9.84 Å². The highest BCUT2D eigenvalue weighted by molar-refractivity contribution is 6.30. The molecule has 5 nitrogen and oxygen atoms in total. The number of anilines is 1. The van der Waals surface area contributed by atoms with Crippen molar-refractivity contribution in [2.45, 2.75) is 6.92 Å². The molecule has 6 heteroatoms. The summed E-state index contributed by atoms with van der Waals surface area (Å²) in [4.78, 5) is 15.5. The SMILES string of the molecule is Cc1cc(C(=O)Nc2cc(Cl)ccn2)on1. The predicted octanol–water partition coefficient (Wildman–Crippen LogP) is 2.28. The Morgan fingerprint density at radius 2 is 2.31 bits per heavy atom. The van der Waals surface area contributed by atoms with Crippen molar-refractivity contribution in [2.24, 2.45) is 0 Å². The summed E-state index contributed by atoms with van der Waals surface area (Å²) in [5.41, 5.74) is 0.643. The molecule has 16 heavy (non-hydrogen) atoms. The van der Waals surface area contributed by atoms with E-state index in [1.807, 2.05) is 0 Å². The molecule has 0 aliphatic rings. The van der Waals surface area contributed by atoms with E-state index in [0.29, 0.717) is 16.5 Å². The van der Waals surface area contributed by atoms with Crippen LogP contribution < -0.4 is 5.32 Å². The molecule has 0 aliphatic heterocycles. The van der Waals surface area contributed by atoms with Gasteiger partial charge in [-0.1, -0.05) is 16.8 Å². The highest BCUT2D eigenvalue weighted by atomic mass is 35.5. The van der Waals surface area contributed by atoms with Crippen LogP contribution in [0.15, 0.2) is 28.9 Å². The number of aryl methyl sites for hydroxylation is 1. The standard InChI is InChI=1S/C10H8ClN3O2/c1-6-4-8(16-14-6)10(15)13-9-5-7(11)2-3-12-9/h2-5H,1H3,(H,12,13,15). The van der Waals surface area contributed by atoms with E-state index in [1.54, 1.807) is 25.1 Å². The molecular formula is C10H8ClN3O2. The van der Waals surface area contributed by atoms with E-state index in [9.17, 15) is 4.79 Å². The molecular weight excluding hydrogens is 230 g/mol. The first-order valence-corrected chi connectivity index (χ1v) is 4.89. The number of nitrogens with zero attached hydrogens (tertiary/aromatic N) is 2. The van der Waals surface area contributed by atoms with Gasteiger partial charge in [-0.15, -0.1) is 0 Å². The number of hydrogen-bond acceptors (Lipinski definition) is 4. The van der Waals surface area contributed by atoms with Crippen LogP contribution in [0, 0.1) is 6.92 Å². The van der Waals surface area contributed by atoms with E-state index in [2.05, 4.69) is 15.5 Å². The number of hydrogen-bond donors (Lipinski definition) is 1. The maximum atomic E-state index is 11.6. The average Bonchev–Trinajstić information content (AvgIpc) is 2.65. The number of nitrogens with one attached hydrogen (secondary N) is 1. The summed E-state index contributed by atoms with van der Waals surface area (Å²) in [7, 11) is 0. The van der Waals surface area contributed by atoms with Crippen LogP contribution in [0.2, 0.25) is 5.02 Å². The first kappa shape index (κ1) is 10.6. The van der Waals surface area contributed by atoms with E-state index >= 15 is 0 Å². The Morgan fingerprint density at radius 3 is 2.94 bits per heavy atom. The van der Waals surface area contributed by atoms with Crippen LogP contribution in [-0.2, 0) is 0 Å².